The maximum absolute atomic E-state index is 12.0. The van der Waals surface area contributed by atoms with E-state index in [-0.39, 0.29) is 13.0 Å². The van der Waals surface area contributed by atoms with Gasteiger partial charge in [0.25, 0.3) is 0 Å². The monoisotopic (exact) mass is 353 g/mol. The summed E-state index contributed by atoms with van der Waals surface area (Å²) in [6, 6.07) is 4.26. The molecule has 0 saturated heterocycles. The highest BCUT2D eigenvalue weighted by atomic mass is 127. The van der Waals surface area contributed by atoms with Crippen LogP contribution >= 0.6 is 22.6 Å². The van der Waals surface area contributed by atoms with Crippen molar-refractivity contribution in [3.8, 4) is 5.75 Å². The number of nitrogens with two attached hydrogens (primary N) is 1. The highest BCUT2D eigenvalue weighted by Gasteiger charge is 2.14. The van der Waals surface area contributed by atoms with Gasteiger partial charge in [-0.2, -0.15) is 0 Å². The topological polar surface area (TPSA) is 72.5 Å². The third-order valence-corrected chi connectivity index (χ3v) is 3.17. The van der Waals surface area contributed by atoms with E-state index in [0.29, 0.717) is 5.75 Å². The molecule has 0 aliphatic rings. The van der Waals surface area contributed by atoms with Crippen LogP contribution in [0.4, 0.5) is 4.39 Å². The zero-order valence-corrected chi connectivity index (χ0v) is 11.2. The fourth-order valence-corrected chi connectivity index (χ4v) is 1.83. The molecule has 1 rings (SSSR count). The van der Waals surface area contributed by atoms with Crippen molar-refractivity contribution in [3.05, 3.63) is 27.3 Å². The van der Waals surface area contributed by atoms with Crippen LogP contribution in [0.3, 0.4) is 0 Å². The minimum absolute atomic E-state index is 0.00891. The Labute approximate surface area is 112 Å². The van der Waals surface area contributed by atoms with Crippen molar-refractivity contribution in [2.45, 2.75) is 12.5 Å². The van der Waals surface area contributed by atoms with Crippen LogP contribution in [0.15, 0.2) is 18.2 Å². The van der Waals surface area contributed by atoms with E-state index in [4.69, 9.17) is 15.6 Å². The van der Waals surface area contributed by atoms with Crippen LogP contribution in [0.1, 0.15) is 5.56 Å². The van der Waals surface area contributed by atoms with Gasteiger partial charge in [-0.05, 0) is 52.8 Å². The lowest BCUT2D eigenvalue weighted by Gasteiger charge is -2.11. The van der Waals surface area contributed by atoms with Gasteiger partial charge in [-0.3, -0.25) is 4.79 Å². The number of hydrogen-bond donors (Lipinski definition) is 2. The predicted molar refractivity (Wildman–Crippen MR) is 69.9 cm³/mol. The Morgan fingerprint density at radius 2 is 2.29 bits per heavy atom. The van der Waals surface area contributed by atoms with Gasteiger partial charge in [0.15, 0.2) is 0 Å². The SMILES string of the molecule is N[C@@H](Cc1cc(OCCF)ccc1I)C(=O)O. The van der Waals surface area contributed by atoms with Crippen molar-refractivity contribution < 1.29 is 19.0 Å². The molecule has 0 unspecified atom stereocenters. The summed E-state index contributed by atoms with van der Waals surface area (Å²) in [4.78, 5) is 10.7. The Morgan fingerprint density at radius 3 is 2.88 bits per heavy atom. The third-order valence-electron chi connectivity index (χ3n) is 2.12. The number of halogens is 2. The zero-order chi connectivity index (χ0) is 12.8. The Balaban J connectivity index is 2.79. The molecule has 17 heavy (non-hydrogen) atoms. The van der Waals surface area contributed by atoms with Crippen LogP contribution in [-0.2, 0) is 11.2 Å². The number of benzene rings is 1. The molecule has 3 N–H and O–H groups in total. The fourth-order valence-electron chi connectivity index (χ4n) is 1.28. The maximum atomic E-state index is 12.0. The molecule has 94 valence electrons. The first-order valence-corrected chi connectivity index (χ1v) is 6.08. The Kier molecular flexibility index (Phi) is 5.63. The molecular weight excluding hydrogens is 340 g/mol. The molecule has 0 spiro atoms. The van der Waals surface area contributed by atoms with Crippen molar-refractivity contribution in [3.63, 3.8) is 0 Å². The molecule has 0 fully saturated rings. The van der Waals surface area contributed by atoms with Crippen LogP contribution in [0.2, 0.25) is 0 Å². The number of rotatable bonds is 6. The van der Waals surface area contributed by atoms with E-state index in [9.17, 15) is 9.18 Å². The average Bonchev–Trinajstić information content (AvgIpc) is 2.29. The molecule has 0 amide bonds. The normalized spacial score (nSPS) is 12.2. The van der Waals surface area contributed by atoms with Gasteiger partial charge >= 0.3 is 5.97 Å². The predicted octanol–water partition coefficient (Wildman–Crippen LogP) is 1.59. The van der Waals surface area contributed by atoms with E-state index in [2.05, 4.69) is 22.6 Å². The molecule has 0 heterocycles. The van der Waals surface area contributed by atoms with E-state index in [1.54, 1.807) is 18.2 Å². The number of hydrogen-bond acceptors (Lipinski definition) is 3. The first-order valence-electron chi connectivity index (χ1n) is 5.00. The lowest BCUT2D eigenvalue weighted by molar-refractivity contribution is -0.138. The lowest BCUT2D eigenvalue weighted by Crippen LogP contribution is -2.32. The number of aliphatic carboxylic acids is 1. The molecule has 0 aliphatic heterocycles. The molecule has 0 aromatic heterocycles. The van der Waals surface area contributed by atoms with Crippen LogP contribution in [0.5, 0.6) is 5.75 Å². The number of carboxylic acid groups (broad SMARTS) is 1. The molecule has 1 atom stereocenters. The van der Waals surface area contributed by atoms with Crippen LogP contribution in [0, 0.1) is 3.57 Å². The van der Waals surface area contributed by atoms with E-state index < -0.39 is 18.7 Å². The van der Waals surface area contributed by atoms with Gasteiger partial charge < -0.3 is 15.6 Å². The summed E-state index contributed by atoms with van der Waals surface area (Å²) in [5.74, 6) is -0.522. The quantitative estimate of drug-likeness (QED) is 0.762. The van der Waals surface area contributed by atoms with Gasteiger partial charge in [0.1, 0.15) is 25.1 Å². The van der Waals surface area contributed by atoms with Gasteiger partial charge in [-0.15, -0.1) is 0 Å². The van der Waals surface area contributed by atoms with Crippen molar-refractivity contribution in [2.24, 2.45) is 5.73 Å². The van der Waals surface area contributed by atoms with E-state index >= 15 is 0 Å². The largest absolute Gasteiger partial charge is 0.491 e. The highest BCUT2D eigenvalue weighted by molar-refractivity contribution is 14.1. The summed E-state index contributed by atoms with van der Waals surface area (Å²) in [5, 5.41) is 8.74. The Hall–Kier alpha value is -0.890. The summed E-state index contributed by atoms with van der Waals surface area (Å²) in [7, 11) is 0. The second kappa shape index (κ2) is 6.75. The number of ether oxygens (including phenoxy) is 1. The minimum atomic E-state index is -1.05. The molecule has 0 aliphatic carbocycles. The molecule has 0 radical (unpaired) electrons. The van der Waals surface area contributed by atoms with Crippen molar-refractivity contribution in [1.29, 1.82) is 0 Å². The summed E-state index contributed by atoms with van der Waals surface area (Å²) in [6.45, 7) is -0.568. The van der Waals surface area contributed by atoms with Gasteiger partial charge in [-0.25, -0.2) is 4.39 Å². The summed E-state index contributed by atoms with van der Waals surface area (Å²) >= 11 is 2.09. The summed E-state index contributed by atoms with van der Waals surface area (Å²) in [5.41, 5.74) is 6.25. The van der Waals surface area contributed by atoms with Gasteiger partial charge in [0, 0.05) is 3.57 Å². The van der Waals surface area contributed by atoms with Crippen molar-refractivity contribution in [1.82, 2.24) is 0 Å². The van der Waals surface area contributed by atoms with Gasteiger partial charge in [0.2, 0.25) is 0 Å². The van der Waals surface area contributed by atoms with Gasteiger partial charge in [-0.1, -0.05) is 0 Å². The molecule has 1 aromatic rings. The highest BCUT2D eigenvalue weighted by Crippen LogP contribution is 2.20. The summed E-state index contributed by atoms with van der Waals surface area (Å²) < 4.78 is 18.0. The maximum Gasteiger partial charge on any atom is 0.320 e. The number of carboxylic acids is 1. The van der Waals surface area contributed by atoms with Crippen LogP contribution in [-0.4, -0.2) is 30.4 Å². The third kappa shape index (κ3) is 4.47. The summed E-state index contributed by atoms with van der Waals surface area (Å²) in [6.07, 6.45) is 0.223. The number of carbonyl (C=O) groups is 1. The molecule has 4 nitrogen and oxygen atoms in total. The van der Waals surface area contributed by atoms with Gasteiger partial charge in [0.05, 0.1) is 0 Å². The smallest absolute Gasteiger partial charge is 0.320 e. The standard InChI is InChI=1S/C11H13FINO3/c12-3-4-17-8-1-2-9(13)7(5-8)6-10(14)11(15)16/h1-2,5,10H,3-4,6,14H2,(H,15,16)/t10-/m0/s1. The Morgan fingerprint density at radius 1 is 1.59 bits per heavy atom. The fraction of sp³-hybridized carbons (Fsp3) is 0.364. The first kappa shape index (κ1) is 14.2. The molecule has 0 saturated carbocycles. The van der Waals surface area contributed by atoms with E-state index in [0.717, 1.165) is 9.13 Å². The Bertz CT molecular complexity index is 400. The first-order chi connectivity index (χ1) is 8.04. The molecule has 1 aromatic carbocycles. The molecule has 6 heteroatoms. The molecule has 0 bridgehead atoms. The van der Waals surface area contributed by atoms with Crippen molar-refractivity contribution >= 4 is 28.6 Å². The second-order valence-corrected chi connectivity index (χ2v) is 4.60. The van der Waals surface area contributed by atoms with E-state index in [1.807, 2.05) is 0 Å². The van der Waals surface area contributed by atoms with E-state index in [1.165, 1.54) is 0 Å². The zero-order valence-electron chi connectivity index (χ0n) is 9.03. The lowest BCUT2D eigenvalue weighted by atomic mass is 10.1. The van der Waals surface area contributed by atoms with Crippen molar-refractivity contribution in [2.75, 3.05) is 13.3 Å². The molecular formula is C11H13FINO3. The average molecular weight is 353 g/mol. The second-order valence-electron chi connectivity index (χ2n) is 3.44. The van der Waals surface area contributed by atoms with Crippen LogP contribution < -0.4 is 10.5 Å². The number of alkyl halides is 1. The van der Waals surface area contributed by atoms with Crippen LogP contribution in [0.25, 0.3) is 0 Å². The minimum Gasteiger partial charge on any atom is -0.491 e.